The minimum Gasteiger partial charge on any atom is -0.317 e. The lowest BCUT2D eigenvalue weighted by atomic mass is 9.94. The highest BCUT2D eigenvalue weighted by Gasteiger charge is 2.19. The van der Waals surface area contributed by atoms with Crippen molar-refractivity contribution in [2.24, 2.45) is 0 Å². The molecule has 1 aromatic heterocycles. The monoisotopic (exact) mass is 241 g/mol. The van der Waals surface area contributed by atoms with Gasteiger partial charge in [-0.3, -0.25) is 0 Å². The van der Waals surface area contributed by atoms with Crippen LogP contribution in [0.5, 0.6) is 0 Å². The lowest BCUT2D eigenvalue weighted by Gasteiger charge is -2.23. The molecule has 3 rings (SSSR count). The molecule has 1 aliphatic rings. The van der Waals surface area contributed by atoms with Crippen molar-refractivity contribution >= 4 is 0 Å². The van der Waals surface area contributed by atoms with Crippen molar-refractivity contribution < 1.29 is 0 Å². The molecular formula is C15H19N3. The number of benzene rings is 1. The van der Waals surface area contributed by atoms with Gasteiger partial charge in [-0.05, 0) is 50.6 Å². The smallest absolute Gasteiger partial charge is 0.0678 e. The molecule has 2 aromatic rings. The van der Waals surface area contributed by atoms with Gasteiger partial charge in [0.2, 0.25) is 0 Å². The van der Waals surface area contributed by atoms with Gasteiger partial charge in [-0.15, -0.1) is 0 Å². The number of aromatic nitrogens is 2. The van der Waals surface area contributed by atoms with Gasteiger partial charge in [0.25, 0.3) is 0 Å². The largest absolute Gasteiger partial charge is 0.317 e. The van der Waals surface area contributed by atoms with Gasteiger partial charge in [0.15, 0.2) is 0 Å². The normalized spacial score (nSPS) is 16.9. The number of para-hydroxylation sites is 1. The zero-order chi connectivity index (χ0) is 12.4. The molecule has 1 fully saturated rings. The second-order valence-corrected chi connectivity index (χ2v) is 4.98. The first-order valence-corrected chi connectivity index (χ1v) is 6.67. The van der Waals surface area contributed by atoms with E-state index >= 15 is 0 Å². The van der Waals surface area contributed by atoms with E-state index in [-0.39, 0.29) is 0 Å². The third-order valence-corrected chi connectivity index (χ3v) is 3.77. The molecule has 1 aliphatic heterocycles. The van der Waals surface area contributed by atoms with Gasteiger partial charge in [-0.2, -0.15) is 5.10 Å². The van der Waals surface area contributed by atoms with E-state index < -0.39 is 0 Å². The summed E-state index contributed by atoms with van der Waals surface area (Å²) in [6.07, 6.45) is 4.33. The van der Waals surface area contributed by atoms with E-state index in [1.807, 2.05) is 6.20 Å². The molecule has 94 valence electrons. The van der Waals surface area contributed by atoms with E-state index in [2.05, 4.69) is 52.4 Å². The predicted molar refractivity (Wildman–Crippen MR) is 73.1 cm³/mol. The molecule has 0 spiro atoms. The lowest BCUT2D eigenvalue weighted by molar-refractivity contribution is 0.446. The number of hydrogen-bond donors (Lipinski definition) is 1. The van der Waals surface area contributed by atoms with Crippen LogP contribution in [0.3, 0.4) is 0 Å². The molecule has 3 nitrogen and oxygen atoms in total. The van der Waals surface area contributed by atoms with E-state index in [1.165, 1.54) is 29.8 Å². The first kappa shape index (κ1) is 11.5. The Hall–Kier alpha value is -1.61. The number of aryl methyl sites for hydroxylation is 1. The number of piperidine rings is 1. The molecule has 1 saturated heterocycles. The van der Waals surface area contributed by atoms with Crippen LogP contribution in [-0.4, -0.2) is 22.9 Å². The molecule has 3 heteroatoms. The SMILES string of the molecule is Cc1ccccc1-n1nccc1C1CCNCC1. The summed E-state index contributed by atoms with van der Waals surface area (Å²) in [4.78, 5) is 0. The molecule has 0 bridgehead atoms. The highest BCUT2D eigenvalue weighted by Crippen LogP contribution is 2.27. The maximum absolute atomic E-state index is 4.52. The number of rotatable bonds is 2. The van der Waals surface area contributed by atoms with Crippen LogP contribution in [0.1, 0.15) is 30.0 Å². The summed E-state index contributed by atoms with van der Waals surface area (Å²) in [7, 11) is 0. The van der Waals surface area contributed by atoms with Crippen LogP contribution < -0.4 is 5.32 Å². The molecule has 2 heterocycles. The van der Waals surface area contributed by atoms with E-state index in [9.17, 15) is 0 Å². The first-order chi connectivity index (χ1) is 8.86. The molecular weight excluding hydrogens is 222 g/mol. The van der Waals surface area contributed by atoms with Crippen LogP contribution in [-0.2, 0) is 0 Å². The number of nitrogens with zero attached hydrogens (tertiary/aromatic N) is 2. The third-order valence-electron chi connectivity index (χ3n) is 3.77. The molecule has 0 atom stereocenters. The maximum Gasteiger partial charge on any atom is 0.0678 e. The fraction of sp³-hybridized carbons (Fsp3) is 0.400. The van der Waals surface area contributed by atoms with Crippen molar-refractivity contribution in [2.75, 3.05) is 13.1 Å². The molecule has 1 aromatic carbocycles. The average Bonchev–Trinajstić information content (AvgIpc) is 2.89. The summed E-state index contributed by atoms with van der Waals surface area (Å²) in [6, 6.07) is 10.6. The molecule has 0 aliphatic carbocycles. The van der Waals surface area contributed by atoms with Crippen LogP contribution in [0.15, 0.2) is 36.5 Å². The third kappa shape index (κ3) is 2.06. The molecule has 0 radical (unpaired) electrons. The van der Waals surface area contributed by atoms with Crippen molar-refractivity contribution in [1.29, 1.82) is 0 Å². The van der Waals surface area contributed by atoms with Gasteiger partial charge < -0.3 is 5.32 Å². The highest BCUT2D eigenvalue weighted by molar-refractivity contribution is 5.41. The van der Waals surface area contributed by atoms with Crippen molar-refractivity contribution in [1.82, 2.24) is 15.1 Å². The molecule has 0 amide bonds. The summed E-state index contributed by atoms with van der Waals surface area (Å²) in [6.45, 7) is 4.37. The Morgan fingerprint density at radius 1 is 1.17 bits per heavy atom. The van der Waals surface area contributed by atoms with E-state index in [0.717, 1.165) is 13.1 Å². The van der Waals surface area contributed by atoms with E-state index in [1.54, 1.807) is 0 Å². The maximum atomic E-state index is 4.52. The van der Waals surface area contributed by atoms with Gasteiger partial charge in [-0.1, -0.05) is 18.2 Å². The molecule has 0 saturated carbocycles. The quantitative estimate of drug-likeness (QED) is 0.876. The fourth-order valence-electron chi connectivity index (χ4n) is 2.74. The standard InChI is InChI=1S/C15H19N3/c1-12-4-2-3-5-14(12)18-15(8-11-17-18)13-6-9-16-10-7-13/h2-5,8,11,13,16H,6-7,9-10H2,1H3. The summed E-state index contributed by atoms with van der Waals surface area (Å²) in [5, 5.41) is 7.94. The minimum atomic E-state index is 0.633. The van der Waals surface area contributed by atoms with Gasteiger partial charge in [0, 0.05) is 17.8 Å². The lowest BCUT2D eigenvalue weighted by Crippen LogP contribution is -2.27. The van der Waals surface area contributed by atoms with Crippen molar-refractivity contribution in [3.63, 3.8) is 0 Å². The second kappa shape index (κ2) is 4.94. The zero-order valence-corrected chi connectivity index (χ0v) is 10.8. The predicted octanol–water partition coefficient (Wildman–Crippen LogP) is 2.65. The number of nitrogens with one attached hydrogen (secondary N) is 1. The first-order valence-electron chi connectivity index (χ1n) is 6.67. The Labute approximate surface area is 108 Å². The molecule has 0 unspecified atom stereocenters. The Kier molecular flexibility index (Phi) is 3.15. The van der Waals surface area contributed by atoms with Gasteiger partial charge in [0.05, 0.1) is 5.69 Å². The summed E-state index contributed by atoms with van der Waals surface area (Å²) in [5.41, 5.74) is 3.83. The topological polar surface area (TPSA) is 29.9 Å². The Balaban J connectivity index is 1.98. The van der Waals surface area contributed by atoms with Crippen LogP contribution in [0, 0.1) is 6.92 Å². The molecule has 1 N–H and O–H groups in total. The Bertz CT molecular complexity index is 524. The van der Waals surface area contributed by atoms with Crippen molar-refractivity contribution in [3.05, 3.63) is 47.8 Å². The van der Waals surface area contributed by atoms with Crippen LogP contribution in [0.4, 0.5) is 0 Å². The zero-order valence-electron chi connectivity index (χ0n) is 10.8. The summed E-state index contributed by atoms with van der Waals surface area (Å²) >= 11 is 0. The molecule has 18 heavy (non-hydrogen) atoms. The van der Waals surface area contributed by atoms with E-state index in [4.69, 9.17) is 0 Å². The van der Waals surface area contributed by atoms with Gasteiger partial charge in [0.1, 0.15) is 0 Å². The van der Waals surface area contributed by atoms with Crippen molar-refractivity contribution in [3.8, 4) is 5.69 Å². The van der Waals surface area contributed by atoms with Crippen LogP contribution >= 0.6 is 0 Å². The Morgan fingerprint density at radius 3 is 2.72 bits per heavy atom. The fourth-order valence-corrected chi connectivity index (χ4v) is 2.74. The van der Waals surface area contributed by atoms with Gasteiger partial charge in [-0.25, -0.2) is 4.68 Å². The highest BCUT2D eigenvalue weighted by atomic mass is 15.3. The summed E-state index contributed by atoms with van der Waals surface area (Å²) in [5.74, 6) is 0.633. The van der Waals surface area contributed by atoms with Crippen molar-refractivity contribution in [2.45, 2.75) is 25.7 Å². The Morgan fingerprint density at radius 2 is 1.94 bits per heavy atom. The van der Waals surface area contributed by atoms with Crippen LogP contribution in [0.25, 0.3) is 5.69 Å². The second-order valence-electron chi connectivity index (χ2n) is 4.98. The van der Waals surface area contributed by atoms with Crippen LogP contribution in [0.2, 0.25) is 0 Å². The summed E-state index contributed by atoms with van der Waals surface area (Å²) < 4.78 is 2.12. The van der Waals surface area contributed by atoms with Gasteiger partial charge >= 0.3 is 0 Å². The minimum absolute atomic E-state index is 0.633. The van der Waals surface area contributed by atoms with E-state index in [0.29, 0.717) is 5.92 Å². The average molecular weight is 241 g/mol. The number of hydrogen-bond acceptors (Lipinski definition) is 2.